The molecule has 0 bridgehead atoms. The summed E-state index contributed by atoms with van der Waals surface area (Å²) in [5.41, 5.74) is 0.922. The molecule has 2 aromatic rings. The third-order valence-electron chi connectivity index (χ3n) is 3.43. The molecule has 0 fully saturated rings. The van der Waals surface area contributed by atoms with Crippen molar-refractivity contribution in [1.29, 1.82) is 0 Å². The Morgan fingerprint density at radius 3 is 2.86 bits per heavy atom. The van der Waals surface area contributed by atoms with E-state index in [0.717, 1.165) is 24.4 Å². The summed E-state index contributed by atoms with van der Waals surface area (Å²) < 4.78 is 21.4. The van der Waals surface area contributed by atoms with Crippen LogP contribution in [-0.4, -0.2) is 16.1 Å². The molecule has 0 saturated heterocycles. The van der Waals surface area contributed by atoms with Crippen molar-refractivity contribution in [3.8, 4) is 5.75 Å². The standard InChI is InChI=1S/C16H22FN3O/c1-4-7-18-12(2)13-5-6-15(14(17)10-13)21-11-16-19-8-9-20(16)3/h5-6,8-10,12,18H,4,7,11H2,1-3H3. The maximum Gasteiger partial charge on any atom is 0.165 e. The molecule has 0 spiro atoms. The van der Waals surface area contributed by atoms with E-state index in [0.29, 0.717) is 0 Å². The van der Waals surface area contributed by atoms with Crippen LogP contribution < -0.4 is 10.1 Å². The van der Waals surface area contributed by atoms with Crippen molar-refractivity contribution < 1.29 is 9.13 Å². The van der Waals surface area contributed by atoms with Crippen molar-refractivity contribution in [2.45, 2.75) is 32.9 Å². The zero-order chi connectivity index (χ0) is 15.2. The monoisotopic (exact) mass is 291 g/mol. The number of ether oxygens (including phenoxy) is 1. The van der Waals surface area contributed by atoms with E-state index in [1.54, 1.807) is 12.3 Å². The van der Waals surface area contributed by atoms with E-state index in [4.69, 9.17) is 4.74 Å². The van der Waals surface area contributed by atoms with E-state index in [1.807, 2.05) is 30.8 Å². The van der Waals surface area contributed by atoms with Gasteiger partial charge in [0, 0.05) is 25.5 Å². The summed E-state index contributed by atoms with van der Waals surface area (Å²) in [5, 5.41) is 3.34. The number of nitrogens with one attached hydrogen (secondary N) is 1. The molecule has 0 aliphatic rings. The summed E-state index contributed by atoms with van der Waals surface area (Å²) in [6, 6.07) is 5.23. The second-order valence-electron chi connectivity index (χ2n) is 5.11. The van der Waals surface area contributed by atoms with Gasteiger partial charge in [0.25, 0.3) is 0 Å². The molecule has 1 atom stereocenters. The maximum absolute atomic E-state index is 14.1. The molecule has 5 heteroatoms. The number of hydrogen-bond acceptors (Lipinski definition) is 3. The molecule has 1 unspecified atom stereocenters. The summed E-state index contributed by atoms with van der Waals surface area (Å²) >= 11 is 0. The minimum atomic E-state index is -0.341. The van der Waals surface area contributed by atoms with Gasteiger partial charge in [0.15, 0.2) is 11.6 Å². The van der Waals surface area contributed by atoms with Crippen molar-refractivity contribution in [3.63, 3.8) is 0 Å². The SMILES string of the molecule is CCCNC(C)c1ccc(OCc2nccn2C)c(F)c1. The van der Waals surface area contributed by atoms with Crippen LogP contribution in [0.25, 0.3) is 0 Å². The summed E-state index contributed by atoms with van der Waals surface area (Å²) in [6.07, 6.45) is 4.58. The first-order valence-electron chi connectivity index (χ1n) is 7.23. The minimum Gasteiger partial charge on any atom is -0.483 e. The second kappa shape index (κ2) is 7.22. The maximum atomic E-state index is 14.1. The smallest absolute Gasteiger partial charge is 0.165 e. The number of rotatable bonds is 7. The van der Waals surface area contributed by atoms with Crippen LogP contribution in [0.3, 0.4) is 0 Å². The van der Waals surface area contributed by atoms with Gasteiger partial charge in [-0.2, -0.15) is 0 Å². The molecule has 0 saturated carbocycles. The zero-order valence-corrected chi connectivity index (χ0v) is 12.8. The average molecular weight is 291 g/mol. The third-order valence-corrected chi connectivity index (χ3v) is 3.43. The highest BCUT2D eigenvalue weighted by molar-refractivity contribution is 5.31. The lowest BCUT2D eigenvalue weighted by atomic mass is 10.1. The van der Waals surface area contributed by atoms with Crippen LogP contribution in [0.4, 0.5) is 4.39 Å². The molecular formula is C16H22FN3O. The van der Waals surface area contributed by atoms with Crippen molar-refractivity contribution in [2.24, 2.45) is 7.05 Å². The number of halogens is 1. The highest BCUT2D eigenvalue weighted by Crippen LogP contribution is 2.22. The van der Waals surface area contributed by atoms with Crippen molar-refractivity contribution in [3.05, 3.63) is 47.8 Å². The summed E-state index contributed by atoms with van der Waals surface area (Å²) in [4.78, 5) is 4.15. The molecule has 1 aromatic carbocycles. The van der Waals surface area contributed by atoms with Crippen LogP contribution in [0.1, 0.15) is 37.7 Å². The summed E-state index contributed by atoms with van der Waals surface area (Å²) in [5.74, 6) is 0.674. The Kier molecular flexibility index (Phi) is 5.33. The van der Waals surface area contributed by atoms with Crippen LogP contribution >= 0.6 is 0 Å². The highest BCUT2D eigenvalue weighted by Gasteiger charge is 2.10. The fourth-order valence-electron chi connectivity index (χ4n) is 2.06. The number of imidazole rings is 1. The first kappa shape index (κ1) is 15.5. The van der Waals surface area contributed by atoms with Gasteiger partial charge in [-0.15, -0.1) is 0 Å². The Bertz CT molecular complexity index is 583. The second-order valence-corrected chi connectivity index (χ2v) is 5.11. The number of hydrogen-bond donors (Lipinski definition) is 1. The van der Waals surface area contributed by atoms with Crippen molar-refractivity contribution >= 4 is 0 Å². The molecule has 0 amide bonds. The van der Waals surface area contributed by atoms with Crippen LogP contribution in [-0.2, 0) is 13.7 Å². The van der Waals surface area contributed by atoms with Crippen LogP contribution in [0, 0.1) is 5.82 Å². The normalized spacial score (nSPS) is 12.4. The van der Waals surface area contributed by atoms with Gasteiger partial charge in [-0.1, -0.05) is 13.0 Å². The molecule has 1 aromatic heterocycles. The lowest BCUT2D eigenvalue weighted by molar-refractivity contribution is 0.277. The molecule has 1 N–H and O–H groups in total. The van der Waals surface area contributed by atoms with Gasteiger partial charge >= 0.3 is 0 Å². The minimum absolute atomic E-state index is 0.128. The number of aromatic nitrogens is 2. The molecule has 0 aliphatic heterocycles. The van der Waals surface area contributed by atoms with E-state index < -0.39 is 0 Å². The van der Waals surface area contributed by atoms with E-state index in [-0.39, 0.29) is 24.2 Å². The van der Waals surface area contributed by atoms with Crippen molar-refractivity contribution in [2.75, 3.05) is 6.54 Å². The van der Waals surface area contributed by atoms with Gasteiger partial charge in [-0.25, -0.2) is 9.37 Å². The highest BCUT2D eigenvalue weighted by atomic mass is 19.1. The molecule has 21 heavy (non-hydrogen) atoms. The van der Waals surface area contributed by atoms with E-state index in [2.05, 4.69) is 17.2 Å². The van der Waals surface area contributed by atoms with Gasteiger partial charge in [-0.3, -0.25) is 0 Å². The quantitative estimate of drug-likeness (QED) is 0.851. The van der Waals surface area contributed by atoms with Gasteiger partial charge in [-0.05, 0) is 37.6 Å². The first-order chi connectivity index (χ1) is 10.1. The van der Waals surface area contributed by atoms with E-state index in [9.17, 15) is 4.39 Å². The van der Waals surface area contributed by atoms with Gasteiger partial charge in [0.1, 0.15) is 12.4 Å². The predicted octanol–water partition coefficient (Wildman–Crippen LogP) is 3.20. The molecule has 114 valence electrons. The molecule has 4 nitrogen and oxygen atoms in total. The zero-order valence-electron chi connectivity index (χ0n) is 12.8. The van der Waals surface area contributed by atoms with Crippen molar-refractivity contribution in [1.82, 2.24) is 14.9 Å². The predicted molar refractivity (Wildman–Crippen MR) is 80.6 cm³/mol. The Labute approximate surface area is 125 Å². The third kappa shape index (κ3) is 4.04. The molecule has 0 aliphatic carbocycles. The van der Waals surface area contributed by atoms with Gasteiger partial charge < -0.3 is 14.6 Å². The van der Waals surface area contributed by atoms with Crippen LogP contribution in [0.2, 0.25) is 0 Å². The Morgan fingerprint density at radius 2 is 2.24 bits per heavy atom. The lowest BCUT2D eigenvalue weighted by Gasteiger charge is -2.15. The molecule has 0 radical (unpaired) electrons. The van der Waals surface area contributed by atoms with Crippen LogP contribution in [0.5, 0.6) is 5.75 Å². The fourth-order valence-corrected chi connectivity index (χ4v) is 2.06. The Morgan fingerprint density at radius 1 is 1.43 bits per heavy atom. The van der Waals surface area contributed by atoms with E-state index >= 15 is 0 Å². The van der Waals surface area contributed by atoms with Gasteiger partial charge in [0.2, 0.25) is 0 Å². The number of aryl methyl sites for hydroxylation is 1. The molecule has 2 rings (SSSR count). The number of nitrogens with zero attached hydrogens (tertiary/aromatic N) is 2. The fraction of sp³-hybridized carbons (Fsp3) is 0.438. The topological polar surface area (TPSA) is 39.1 Å². The largest absolute Gasteiger partial charge is 0.483 e. The molecule has 1 heterocycles. The first-order valence-corrected chi connectivity index (χ1v) is 7.23. The van der Waals surface area contributed by atoms with Crippen LogP contribution in [0.15, 0.2) is 30.6 Å². The Balaban J connectivity index is 2.00. The average Bonchev–Trinajstić information content (AvgIpc) is 2.88. The lowest BCUT2D eigenvalue weighted by Crippen LogP contribution is -2.19. The Hall–Kier alpha value is -1.88. The number of benzene rings is 1. The summed E-state index contributed by atoms with van der Waals surface area (Å²) in [7, 11) is 1.88. The summed E-state index contributed by atoms with van der Waals surface area (Å²) in [6.45, 7) is 5.30. The van der Waals surface area contributed by atoms with Gasteiger partial charge in [0.05, 0.1) is 0 Å². The van der Waals surface area contributed by atoms with E-state index in [1.165, 1.54) is 6.07 Å². The molecular weight excluding hydrogens is 269 g/mol.